The van der Waals surface area contributed by atoms with Crippen molar-refractivity contribution in [3.05, 3.63) is 63.7 Å². The summed E-state index contributed by atoms with van der Waals surface area (Å²) < 4.78 is 36.8. The molecule has 30 heavy (non-hydrogen) atoms. The van der Waals surface area contributed by atoms with Gasteiger partial charge in [-0.1, -0.05) is 0 Å². The summed E-state index contributed by atoms with van der Waals surface area (Å²) >= 11 is 0. The van der Waals surface area contributed by atoms with Crippen LogP contribution >= 0.6 is 0 Å². The average Bonchev–Trinajstić information content (AvgIpc) is 2.72. The highest BCUT2D eigenvalue weighted by molar-refractivity contribution is 7.92. The standard InChI is InChI=1S/C19H20N2O8S/c1-4-29-19(23)14-5-10-17(13(2)11-14)20(12-18(22)28-3)30(26,27)16-8-6-15(7-9-16)21(24)25/h5-11H,4,12H2,1-3H3. The summed E-state index contributed by atoms with van der Waals surface area (Å²) in [5.74, 6) is -1.38. The fraction of sp³-hybridized carbons (Fsp3) is 0.263. The predicted octanol–water partition coefficient (Wildman–Crippen LogP) is 2.45. The minimum Gasteiger partial charge on any atom is -0.468 e. The molecule has 0 aliphatic carbocycles. The van der Waals surface area contributed by atoms with E-state index in [1.165, 1.54) is 18.2 Å². The van der Waals surface area contributed by atoms with E-state index in [0.29, 0.717) is 5.56 Å². The number of non-ortho nitro benzene ring substituents is 1. The number of nitrogens with zero attached hydrogens (tertiary/aromatic N) is 2. The molecule has 2 aromatic carbocycles. The molecule has 0 aliphatic rings. The number of nitro benzene ring substituents is 1. The van der Waals surface area contributed by atoms with Crippen molar-refractivity contribution in [2.75, 3.05) is 24.6 Å². The number of benzene rings is 2. The maximum Gasteiger partial charge on any atom is 0.338 e. The second-order valence-corrected chi connectivity index (χ2v) is 7.92. The number of nitro groups is 1. The number of hydrogen-bond donors (Lipinski definition) is 0. The maximum absolute atomic E-state index is 13.2. The summed E-state index contributed by atoms with van der Waals surface area (Å²) in [6.07, 6.45) is 0. The van der Waals surface area contributed by atoms with Gasteiger partial charge in [-0.15, -0.1) is 0 Å². The number of methoxy groups -OCH3 is 1. The van der Waals surface area contributed by atoms with Crippen molar-refractivity contribution >= 4 is 33.3 Å². The minimum atomic E-state index is -4.27. The summed E-state index contributed by atoms with van der Waals surface area (Å²) in [7, 11) is -3.15. The van der Waals surface area contributed by atoms with E-state index in [2.05, 4.69) is 4.74 Å². The van der Waals surface area contributed by atoms with Gasteiger partial charge in [0.1, 0.15) is 6.54 Å². The third kappa shape index (κ3) is 4.92. The maximum atomic E-state index is 13.2. The van der Waals surface area contributed by atoms with Crippen LogP contribution in [0, 0.1) is 17.0 Å². The molecule has 0 bridgehead atoms. The zero-order chi connectivity index (χ0) is 22.5. The van der Waals surface area contributed by atoms with Crippen LogP contribution in [-0.2, 0) is 24.3 Å². The molecule has 0 spiro atoms. The van der Waals surface area contributed by atoms with Crippen molar-refractivity contribution < 1.29 is 32.4 Å². The molecule has 0 atom stereocenters. The lowest BCUT2D eigenvalue weighted by molar-refractivity contribution is -0.384. The van der Waals surface area contributed by atoms with Crippen LogP contribution < -0.4 is 4.31 Å². The summed E-state index contributed by atoms with van der Waals surface area (Å²) in [6, 6.07) is 8.49. The molecule has 11 heteroatoms. The number of esters is 2. The monoisotopic (exact) mass is 436 g/mol. The quantitative estimate of drug-likeness (QED) is 0.350. The summed E-state index contributed by atoms with van der Waals surface area (Å²) in [4.78, 5) is 33.8. The molecule has 0 heterocycles. The number of ether oxygens (including phenoxy) is 2. The first-order valence-electron chi connectivity index (χ1n) is 8.73. The highest BCUT2D eigenvalue weighted by atomic mass is 32.2. The van der Waals surface area contributed by atoms with Crippen LogP contribution in [0.5, 0.6) is 0 Å². The zero-order valence-corrected chi connectivity index (χ0v) is 17.3. The lowest BCUT2D eigenvalue weighted by Crippen LogP contribution is -2.36. The Morgan fingerprint density at radius 2 is 1.77 bits per heavy atom. The van der Waals surface area contributed by atoms with Gasteiger partial charge in [0.25, 0.3) is 15.7 Å². The lowest BCUT2D eigenvalue weighted by Gasteiger charge is -2.25. The first kappa shape index (κ1) is 22.8. The average molecular weight is 436 g/mol. The van der Waals surface area contributed by atoms with Gasteiger partial charge in [0.15, 0.2) is 0 Å². The largest absolute Gasteiger partial charge is 0.468 e. The van der Waals surface area contributed by atoms with Gasteiger partial charge >= 0.3 is 11.9 Å². The summed E-state index contributed by atoms with van der Waals surface area (Å²) in [6.45, 7) is 2.79. The van der Waals surface area contributed by atoms with Gasteiger partial charge in [0, 0.05) is 12.1 Å². The molecule has 0 saturated heterocycles. The second kappa shape index (κ2) is 9.35. The van der Waals surface area contributed by atoms with Crippen molar-refractivity contribution in [1.29, 1.82) is 0 Å². The highest BCUT2D eigenvalue weighted by Gasteiger charge is 2.29. The van der Waals surface area contributed by atoms with E-state index < -0.39 is 33.4 Å². The van der Waals surface area contributed by atoms with E-state index in [-0.39, 0.29) is 28.4 Å². The molecular formula is C19H20N2O8S. The Balaban J connectivity index is 2.53. The Kier molecular flexibility index (Phi) is 7.11. The van der Waals surface area contributed by atoms with Crippen molar-refractivity contribution in [1.82, 2.24) is 0 Å². The van der Waals surface area contributed by atoms with Crippen molar-refractivity contribution in [3.63, 3.8) is 0 Å². The van der Waals surface area contributed by atoms with Gasteiger partial charge in [-0.2, -0.15) is 0 Å². The van der Waals surface area contributed by atoms with E-state index >= 15 is 0 Å². The molecule has 2 rings (SSSR count). The van der Waals surface area contributed by atoms with Gasteiger partial charge in [-0.25, -0.2) is 13.2 Å². The Morgan fingerprint density at radius 3 is 2.27 bits per heavy atom. The van der Waals surface area contributed by atoms with E-state index in [4.69, 9.17) is 4.74 Å². The molecule has 0 aliphatic heterocycles. The molecule has 10 nitrogen and oxygen atoms in total. The smallest absolute Gasteiger partial charge is 0.338 e. The topological polar surface area (TPSA) is 133 Å². The third-order valence-corrected chi connectivity index (χ3v) is 5.89. The summed E-state index contributed by atoms with van der Waals surface area (Å²) in [5.41, 5.74) is 0.494. The normalized spacial score (nSPS) is 10.9. The van der Waals surface area contributed by atoms with Gasteiger partial charge in [0.2, 0.25) is 0 Å². The van der Waals surface area contributed by atoms with Crippen LogP contribution in [0.25, 0.3) is 0 Å². The number of aryl methyl sites for hydroxylation is 1. The second-order valence-electron chi connectivity index (χ2n) is 6.06. The molecule has 0 amide bonds. The summed E-state index contributed by atoms with van der Waals surface area (Å²) in [5, 5.41) is 10.8. The predicted molar refractivity (Wildman–Crippen MR) is 107 cm³/mol. The van der Waals surface area contributed by atoms with Crippen LogP contribution in [0.3, 0.4) is 0 Å². The number of rotatable bonds is 8. The van der Waals surface area contributed by atoms with Crippen LogP contribution in [0.2, 0.25) is 0 Å². The molecule has 160 valence electrons. The number of carbonyl (C=O) groups excluding carboxylic acids is 2. The molecule has 2 aromatic rings. The molecule has 0 saturated carbocycles. The molecule has 0 N–H and O–H groups in total. The highest BCUT2D eigenvalue weighted by Crippen LogP contribution is 2.28. The molecule has 0 unspecified atom stereocenters. The Hall–Kier alpha value is -3.47. The van der Waals surface area contributed by atoms with Gasteiger partial charge < -0.3 is 9.47 Å². The number of anilines is 1. The van der Waals surface area contributed by atoms with Crippen LogP contribution in [0.15, 0.2) is 47.4 Å². The van der Waals surface area contributed by atoms with Crippen LogP contribution in [0.1, 0.15) is 22.8 Å². The fourth-order valence-electron chi connectivity index (χ4n) is 2.63. The molecular weight excluding hydrogens is 416 g/mol. The Labute approximate surface area is 173 Å². The number of carbonyl (C=O) groups is 2. The minimum absolute atomic E-state index is 0.145. The molecule has 0 aromatic heterocycles. The number of sulfonamides is 1. The van der Waals surface area contributed by atoms with Crippen LogP contribution in [-0.4, -0.2) is 45.5 Å². The first-order chi connectivity index (χ1) is 14.1. The van der Waals surface area contributed by atoms with Crippen molar-refractivity contribution in [2.45, 2.75) is 18.7 Å². The van der Waals surface area contributed by atoms with Gasteiger partial charge in [0.05, 0.1) is 34.8 Å². The van der Waals surface area contributed by atoms with Gasteiger partial charge in [-0.05, 0) is 49.7 Å². The lowest BCUT2D eigenvalue weighted by atomic mass is 10.1. The van der Waals surface area contributed by atoms with E-state index in [0.717, 1.165) is 35.7 Å². The molecule has 0 radical (unpaired) electrons. The van der Waals surface area contributed by atoms with E-state index in [9.17, 15) is 28.1 Å². The van der Waals surface area contributed by atoms with Crippen LogP contribution in [0.4, 0.5) is 11.4 Å². The van der Waals surface area contributed by atoms with Gasteiger partial charge in [-0.3, -0.25) is 19.2 Å². The zero-order valence-electron chi connectivity index (χ0n) is 16.5. The van der Waals surface area contributed by atoms with E-state index in [1.807, 2.05) is 0 Å². The first-order valence-corrected chi connectivity index (χ1v) is 10.2. The fourth-order valence-corrected chi connectivity index (χ4v) is 4.10. The Morgan fingerprint density at radius 1 is 1.13 bits per heavy atom. The van der Waals surface area contributed by atoms with Crippen molar-refractivity contribution in [3.8, 4) is 0 Å². The Bertz CT molecular complexity index is 1060. The SMILES string of the molecule is CCOC(=O)c1ccc(N(CC(=O)OC)S(=O)(=O)c2ccc([N+](=O)[O-])cc2)c(C)c1. The van der Waals surface area contributed by atoms with E-state index in [1.54, 1.807) is 13.8 Å². The molecule has 0 fully saturated rings. The third-order valence-electron chi connectivity index (χ3n) is 4.11. The van der Waals surface area contributed by atoms with Crippen molar-refractivity contribution in [2.24, 2.45) is 0 Å². The number of hydrogen-bond acceptors (Lipinski definition) is 8.